The fourth-order valence-corrected chi connectivity index (χ4v) is 1.96. The van der Waals surface area contributed by atoms with Gasteiger partial charge in [-0.1, -0.05) is 0 Å². The summed E-state index contributed by atoms with van der Waals surface area (Å²) in [6.45, 7) is 4.06. The maximum absolute atomic E-state index is 5.49. The van der Waals surface area contributed by atoms with Crippen molar-refractivity contribution in [2.24, 2.45) is 0 Å². The van der Waals surface area contributed by atoms with Gasteiger partial charge in [-0.15, -0.1) is 11.3 Å². The third-order valence-corrected chi connectivity index (χ3v) is 2.74. The lowest BCUT2D eigenvalue weighted by Gasteiger charge is -1.87. The minimum atomic E-state index is 0.969. The second-order valence-electron chi connectivity index (χ2n) is 2.82. The van der Waals surface area contributed by atoms with Crippen molar-refractivity contribution < 1.29 is 4.42 Å². The van der Waals surface area contributed by atoms with Crippen LogP contribution >= 0.6 is 11.3 Å². The first-order valence-electron chi connectivity index (χ1n) is 3.89. The maximum Gasteiger partial charge on any atom is 0.144 e. The lowest BCUT2D eigenvalue weighted by molar-refractivity contribution is 0.549. The van der Waals surface area contributed by atoms with Crippen LogP contribution in [0.2, 0.25) is 0 Å². The van der Waals surface area contributed by atoms with Gasteiger partial charge in [-0.25, -0.2) is 0 Å². The van der Waals surface area contributed by atoms with Gasteiger partial charge < -0.3 is 4.42 Å². The van der Waals surface area contributed by atoms with Gasteiger partial charge in [-0.05, 0) is 38.1 Å². The molecule has 2 heteroatoms. The number of furan rings is 1. The monoisotopic (exact) mass is 178 g/mol. The Morgan fingerprint density at radius 3 is 2.42 bits per heavy atom. The highest BCUT2D eigenvalue weighted by Crippen LogP contribution is 2.28. The van der Waals surface area contributed by atoms with Crippen LogP contribution in [0, 0.1) is 13.8 Å². The summed E-state index contributed by atoms with van der Waals surface area (Å²) in [6, 6.07) is 8.21. The van der Waals surface area contributed by atoms with E-state index in [1.807, 2.05) is 19.1 Å². The normalized spacial score (nSPS) is 10.5. The summed E-state index contributed by atoms with van der Waals surface area (Å²) in [5.41, 5.74) is 0. The Labute approximate surface area is 75.7 Å². The van der Waals surface area contributed by atoms with E-state index in [1.54, 1.807) is 11.3 Å². The Bertz CT molecular complexity index is 346. The summed E-state index contributed by atoms with van der Waals surface area (Å²) in [4.78, 5) is 2.53. The Hall–Kier alpha value is -1.02. The molecule has 0 aromatic carbocycles. The maximum atomic E-state index is 5.49. The van der Waals surface area contributed by atoms with Gasteiger partial charge in [0.2, 0.25) is 0 Å². The summed E-state index contributed by atoms with van der Waals surface area (Å²) in [6.07, 6.45) is 0. The number of aryl methyl sites for hydroxylation is 2. The van der Waals surface area contributed by atoms with Gasteiger partial charge in [-0.2, -0.15) is 0 Å². The quantitative estimate of drug-likeness (QED) is 0.650. The molecule has 0 N–H and O–H groups in total. The molecule has 0 radical (unpaired) electrons. The summed E-state index contributed by atoms with van der Waals surface area (Å²) >= 11 is 1.76. The summed E-state index contributed by atoms with van der Waals surface area (Å²) in [7, 11) is 0. The molecule has 0 spiro atoms. The third kappa shape index (κ3) is 1.30. The lowest BCUT2D eigenvalue weighted by Crippen LogP contribution is -1.60. The van der Waals surface area contributed by atoms with Crippen LogP contribution in [-0.2, 0) is 0 Å². The van der Waals surface area contributed by atoms with Gasteiger partial charge in [0.1, 0.15) is 11.5 Å². The third-order valence-electron chi connectivity index (χ3n) is 1.72. The predicted molar refractivity (Wildman–Crippen MR) is 51.5 cm³/mol. The van der Waals surface area contributed by atoms with Crippen molar-refractivity contribution in [3.8, 4) is 10.6 Å². The van der Waals surface area contributed by atoms with Crippen molar-refractivity contribution in [1.82, 2.24) is 0 Å². The number of thiophene rings is 1. The van der Waals surface area contributed by atoms with Crippen molar-refractivity contribution in [3.05, 3.63) is 34.9 Å². The van der Waals surface area contributed by atoms with E-state index in [-0.39, 0.29) is 0 Å². The van der Waals surface area contributed by atoms with Crippen LogP contribution in [-0.4, -0.2) is 0 Å². The summed E-state index contributed by atoms with van der Waals surface area (Å²) in [5, 5.41) is 0. The van der Waals surface area contributed by atoms with E-state index in [1.165, 1.54) is 9.75 Å². The highest BCUT2D eigenvalue weighted by Gasteiger charge is 2.03. The van der Waals surface area contributed by atoms with E-state index < -0.39 is 0 Å². The molecule has 0 amide bonds. The largest absolute Gasteiger partial charge is 0.461 e. The van der Waals surface area contributed by atoms with Crippen molar-refractivity contribution >= 4 is 11.3 Å². The molecule has 2 rings (SSSR count). The highest BCUT2D eigenvalue weighted by molar-refractivity contribution is 7.15. The zero-order valence-electron chi connectivity index (χ0n) is 7.13. The number of hydrogen-bond donors (Lipinski definition) is 0. The molecule has 2 aromatic rings. The van der Waals surface area contributed by atoms with E-state index in [9.17, 15) is 0 Å². The Morgan fingerprint density at radius 1 is 1.08 bits per heavy atom. The van der Waals surface area contributed by atoms with Crippen molar-refractivity contribution in [1.29, 1.82) is 0 Å². The van der Waals surface area contributed by atoms with E-state index in [0.29, 0.717) is 0 Å². The standard InChI is InChI=1S/C10H10OS/c1-7-3-5-9(11-7)10-6-4-8(2)12-10/h3-6H,1-2H3. The molecular formula is C10H10OS. The minimum Gasteiger partial charge on any atom is -0.461 e. The van der Waals surface area contributed by atoms with Gasteiger partial charge in [0, 0.05) is 4.88 Å². The van der Waals surface area contributed by atoms with Crippen LogP contribution in [0.15, 0.2) is 28.7 Å². The fourth-order valence-electron chi connectivity index (χ4n) is 1.13. The first kappa shape index (κ1) is 7.62. The molecule has 0 aliphatic carbocycles. The fraction of sp³-hybridized carbons (Fsp3) is 0.200. The molecule has 2 aromatic heterocycles. The first-order valence-corrected chi connectivity index (χ1v) is 4.70. The SMILES string of the molecule is Cc1ccc(-c2ccc(C)s2)o1. The molecule has 0 aliphatic rings. The van der Waals surface area contributed by atoms with Crippen LogP contribution in [0.3, 0.4) is 0 Å². The molecule has 0 aliphatic heterocycles. The van der Waals surface area contributed by atoms with Gasteiger partial charge >= 0.3 is 0 Å². The van der Waals surface area contributed by atoms with Crippen molar-refractivity contribution in [3.63, 3.8) is 0 Å². The van der Waals surface area contributed by atoms with Crippen LogP contribution < -0.4 is 0 Å². The van der Waals surface area contributed by atoms with E-state index in [4.69, 9.17) is 4.42 Å². The molecular weight excluding hydrogens is 168 g/mol. The molecule has 0 saturated heterocycles. The Balaban J connectivity index is 2.43. The molecule has 0 bridgehead atoms. The van der Waals surface area contributed by atoms with Crippen LogP contribution in [0.25, 0.3) is 10.6 Å². The molecule has 2 heterocycles. The molecule has 0 saturated carbocycles. The predicted octanol–water partition coefficient (Wildman–Crippen LogP) is 3.62. The van der Waals surface area contributed by atoms with Gasteiger partial charge in [0.25, 0.3) is 0 Å². The average Bonchev–Trinajstić information content (AvgIpc) is 2.58. The molecule has 1 nitrogen and oxygen atoms in total. The van der Waals surface area contributed by atoms with Gasteiger partial charge in [0.15, 0.2) is 0 Å². The molecule has 0 fully saturated rings. The molecule has 62 valence electrons. The zero-order chi connectivity index (χ0) is 8.55. The molecule has 0 unspecified atom stereocenters. The van der Waals surface area contributed by atoms with Gasteiger partial charge in [0.05, 0.1) is 4.88 Å². The van der Waals surface area contributed by atoms with Crippen LogP contribution in [0.1, 0.15) is 10.6 Å². The van der Waals surface area contributed by atoms with Gasteiger partial charge in [-0.3, -0.25) is 0 Å². The number of hydrogen-bond acceptors (Lipinski definition) is 2. The highest BCUT2D eigenvalue weighted by atomic mass is 32.1. The molecule has 12 heavy (non-hydrogen) atoms. The topological polar surface area (TPSA) is 13.1 Å². The summed E-state index contributed by atoms with van der Waals surface area (Å²) < 4.78 is 5.49. The van der Waals surface area contributed by atoms with Crippen molar-refractivity contribution in [2.45, 2.75) is 13.8 Å². The summed E-state index contributed by atoms with van der Waals surface area (Å²) in [5.74, 6) is 1.95. The van der Waals surface area contributed by atoms with Crippen molar-refractivity contribution in [2.75, 3.05) is 0 Å². The van der Waals surface area contributed by atoms with E-state index in [0.717, 1.165) is 11.5 Å². The molecule has 0 atom stereocenters. The smallest absolute Gasteiger partial charge is 0.144 e. The average molecular weight is 178 g/mol. The Kier molecular flexibility index (Phi) is 1.77. The number of rotatable bonds is 1. The Morgan fingerprint density at radius 2 is 1.92 bits per heavy atom. The lowest BCUT2D eigenvalue weighted by atomic mass is 10.3. The van der Waals surface area contributed by atoms with E-state index in [2.05, 4.69) is 19.1 Å². The van der Waals surface area contributed by atoms with E-state index >= 15 is 0 Å². The first-order chi connectivity index (χ1) is 5.75. The van der Waals surface area contributed by atoms with Crippen LogP contribution in [0.4, 0.5) is 0 Å². The second kappa shape index (κ2) is 2.79. The second-order valence-corrected chi connectivity index (χ2v) is 4.11. The zero-order valence-corrected chi connectivity index (χ0v) is 7.94. The minimum absolute atomic E-state index is 0.969. The van der Waals surface area contributed by atoms with Crippen LogP contribution in [0.5, 0.6) is 0 Å².